The van der Waals surface area contributed by atoms with Crippen molar-refractivity contribution in [2.45, 2.75) is 32.6 Å². The second-order valence-corrected chi connectivity index (χ2v) is 7.57. The molecular formula is C12H18O2S2. The number of ketones is 1. The van der Waals surface area contributed by atoms with Gasteiger partial charge in [-0.2, -0.15) is 0 Å². The third-order valence-corrected chi connectivity index (χ3v) is 6.44. The normalized spacial score (nSPS) is 35.6. The van der Waals surface area contributed by atoms with Crippen LogP contribution in [0.2, 0.25) is 0 Å². The Morgan fingerprint density at radius 3 is 3.00 bits per heavy atom. The smallest absolute Gasteiger partial charge is 0.133 e. The van der Waals surface area contributed by atoms with Gasteiger partial charge in [0, 0.05) is 18.6 Å². The predicted octanol–water partition coefficient (Wildman–Crippen LogP) is 2.72. The van der Waals surface area contributed by atoms with Crippen molar-refractivity contribution in [1.82, 2.24) is 0 Å². The topological polar surface area (TPSA) is 34.1 Å². The van der Waals surface area contributed by atoms with Crippen molar-refractivity contribution in [3.05, 3.63) is 10.3 Å². The highest BCUT2D eigenvalue weighted by Crippen LogP contribution is 2.34. The Balaban J connectivity index is 1.99. The summed E-state index contributed by atoms with van der Waals surface area (Å²) in [7, 11) is -0.768. The standard InChI is InChI=1S/C12H18O2S2/c1-9(10-3-4-11(13)8-10)7-12-15-5-2-6-16(12)14/h7,9-10H,2-6,8H2,1H3/b12-7-. The van der Waals surface area contributed by atoms with Crippen LogP contribution in [-0.4, -0.2) is 21.5 Å². The average Bonchev–Trinajstić information content (AvgIpc) is 2.68. The number of rotatable bonds is 2. The maximum absolute atomic E-state index is 11.8. The van der Waals surface area contributed by atoms with E-state index in [-0.39, 0.29) is 0 Å². The first kappa shape index (κ1) is 12.4. The molecule has 2 fully saturated rings. The maximum atomic E-state index is 11.8. The van der Waals surface area contributed by atoms with Gasteiger partial charge in [-0.3, -0.25) is 9.00 Å². The molecule has 0 spiro atoms. The summed E-state index contributed by atoms with van der Waals surface area (Å²) in [6.07, 6.45) is 5.70. The Morgan fingerprint density at radius 1 is 1.56 bits per heavy atom. The zero-order valence-corrected chi connectivity index (χ0v) is 11.2. The molecule has 0 aromatic heterocycles. The SMILES string of the molecule is CC(/C=C1/SCCCS1=O)C1CCC(=O)C1. The molecular weight excluding hydrogens is 240 g/mol. The molecule has 2 nitrogen and oxygen atoms in total. The molecule has 2 rings (SSSR count). The predicted molar refractivity (Wildman–Crippen MR) is 69.7 cm³/mol. The molecule has 1 saturated carbocycles. The van der Waals surface area contributed by atoms with Gasteiger partial charge in [-0.15, -0.1) is 11.8 Å². The van der Waals surface area contributed by atoms with Gasteiger partial charge in [0.25, 0.3) is 0 Å². The van der Waals surface area contributed by atoms with Crippen LogP contribution in [0.4, 0.5) is 0 Å². The highest BCUT2D eigenvalue weighted by Gasteiger charge is 2.27. The van der Waals surface area contributed by atoms with Crippen LogP contribution in [0.1, 0.15) is 32.6 Å². The van der Waals surface area contributed by atoms with Gasteiger partial charge in [-0.25, -0.2) is 0 Å². The molecule has 1 aliphatic carbocycles. The Kier molecular flexibility index (Phi) is 4.25. The number of hydrogen-bond acceptors (Lipinski definition) is 3. The number of Topliss-reactive ketones (excluding diaryl/α,β-unsaturated/α-hetero) is 1. The summed E-state index contributed by atoms with van der Waals surface area (Å²) in [5, 5.41) is 0. The van der Waals surface area contributed by atoms with Crippen LogP contribution in [0, 0.1) is 11.8 Å². The molecule has 0 bridgehead atoms. The van der Waals surface area contributed by atoms with Crippen molar-refractivity contribution in [3.63, 3.8) is 0 Å². The van der Waals surface area contributed by atoms with E-state index in [0.29, 0.717) is 17.6 Å². The molecule has 0 radical (unpaired) electrons. The largest absolute Gasteiger partial charge is 0.300 e. The van der Waals surface area contributed by atoms with Crippen LogP contribution in [0.15, 0.2) is 10.3 Å². The highest BCUT2D eigenvalue weighted by atomic mass is 32.2. The van der Waals surface area contributed by atoms with Crippen LogP contribution >= 0.6 is 11.8 Å². The van der Waals surface area contributed by atoms with Crippen LogP contribution < -0.4 is 0 Å². The van der Waals surface area contributed by atoms with Gasteiger partial charge in [-0.1, -0.05) is 13.0 Å². The lowest BCUT2D eigenvalue weighted by atomic mass is 9.93. The van der Waals surface area contributed by atoms with Crippen LogP contribution in [-0.2, 0) is 15.6 Å². The molecule has 1 heterocycles. The van der Waals surface area contributed by atoms with Crippen LogP contribution in [0.5, 0.6) is 0 Å². The first-order valence-electron chi connectivity index (χ1n) is 5.91. The number of hydrogen-bond donors (Lipinski definition) is 0. The lowest BCUT2D eigenvalue weighted by Gasteiger charge is -2.18. The summed E-state index contributed by atoms with van der Waals surface area (Å²) in [6.45, 7) is 2.16. The molecule has 3 unspecified atom stereocenters. The molecule has 1 saturated heterocycles. The van der Waals surface area contributed by atoms with Crippen LogP contribution in [0.3, 0.4) is 0 Å². The first-order chi connectivity index (χ1) is 7.66. The van der Waals surface area contributed by atoms with E-state index >= 15 is 0 Å². The Hall–Kier alpha value is -0.0900. The monoisotopic (exact) mass is 258 g/mol. The Labute approximate surface area is 104 Å². The summed E-state index contributed by atoms with van der Waals surface area (Å²) in [5.74, 6) is 3.19. The Morgan fingerprint density at radius 2 is 2.38 bits per heavy atom. The molecule has 0 aromatic rings. The van der Waals surface area contributed by atoms with Crippen molar-refractivity contribution in [1.29, 1.82) is 0 Å². The lowest BCUT2D eigenvalue weighted by molar-refractivity contribution is -0.117. The molecule has 90 valence electrons. The summed E-state index contributed by atoms with van der Waals surface area (Å²) in [6, 6.07) is 0. The minimum Gasteiger partial charge on any atom is -0.300 e. The molecule has 1 aliphatic heterocycles. The van der Waals surface area contributed by atoms with Gasteiger partial charge in [0.2, 0.25) is 0 Å². The fraction of sp³-hybridized carbons (Fsp3) is 0.750. The minimum absolute atomic E-state index is 0.396. The molecule has 0 aromatic carbocycles. The van der Waals surface area contributed by atoms with Gasteiger partial charge >= 0.3 is 0 Å². The van der Waals surface area contributed by atoms with E-state index in [1.54, 1.807) is 11.8 Å². The fourth-order valence-corrected chi connectivity index (χ4v) is 5.28. The third-order valence-electron chi connectivity index (χ3n) is 3.37. The molecule has 4 heteroatoms. The molecule has 2 aliphatic rings. The maximum Gasteiger partial charge on any atom is 0.133 e. The second-order valence-electron chi connectivity index (χ2n) is 4.64. The number of thioether (sulfide) groups is 1. The van der Waals surface area contributed by atoms with E-state index in [0.717, 1.165) is 41.4 Å². The first-order valence-corrected chi connectivity index (χ1v) is 8.22. The number of allylic oxidation sites excluding steroid dienone is 1. The summed E-state index contributed by atoms with van der Waals surface area (Å²) in [4.78, 5) is 11.2. The molecule has 3 atom stereocenters. The van der Waals surface area contributed by atoms with Crippen molar-refractivity contribution < 1.29 is 9.00 Å². The average molecular weight is 258 g/mol. The van der Waals surface area contributed by atoms with E-state index in [4.69, 9.17) is 0 Å². The van der Waals surface area contributed by atoms with Gasteiger partial charge < -0.3 is 0 Å². The lowest BCUT2D eigenvalue weighted by Crippen LogP contribution is -2.11. The van der Waals surface area contributed by atoms with Gasteiger partial charge in [-0.05, 0) is 30.4 Å². The third kappa shape index (κ3) is 2.98. The molecule has 0 N–H and O–H groups in total. The Bertz CT molecular complexity index is 336. The van der Waals surface area contributed by atoms with Crippen LogP contribution in [0.25, 0.3) is 0 Å². The van der Waals surface area contributed by atoms with Crippen molar-refractivity contribution in [2.75, 3.05) is 11.5 Å². The van der Waals surface area contributed by atoms with Crippen molar-refractivity contribution in [3.8, 4) is 0 Å². The second kappa shape index (κ2) is 5.50. The van der Waals surface area contributed by atoms with Crippen molar-refractivity contribution >= 4 is 28.3 Å². The van der Waals surface area contributed by atoms with Gasteiger partial charge in [0.05, 0.1) is 15.0 Å². The van der Waals surface area contributed by atoms with E-state index in [1.165, 1.54) is 0 Å². The van der Waals surface area contributed by atoms with E-state index in [1.807, 2.05) is 0 Å². The number of carbonyl (C=O) groups excluding carboxylic acids is 1. The minimum atomic E-state index is -0.768. The zero-order chi connectivity index (χ0) is 11.5. The zero-order valence-electron chi connectivity index (χ0n) is 9.61. The van der Waals surface area contributed by atoms with E-state index < -0.39 is 10.8 Å². The fourth-order valence-electron chi connectivity index (χ4n) is 2.30. The molecule has 0 amide bonds. The summed E-state index contributed by atoms with van der Waals surface area (Å²) >= 11 is 1.74. The van der Waals surface area contributed by atoms with E-state index in [2.05, 4.69) is 13.0 Å². The van der Waals surface area contributed by atoms with Crippen molar-refractivity contribution in [2.24, 2.45) is 11.8 Å². The van der Waals surface area contributed by atoms with Gasteiger partial charge in [0.1, 0.15) is 5.78 Å². The quantitative estimate of drug-likeness (QED) is 0.764. The summed E-state index contributed by atoms with van der Waals surface area (Å²) in [5.41, 5.74) is 0. The highest BCUT2D eigenvalue weighted by molar-refractivity contribution is 8.17. The summed E-state index contributed by atoms with van der Waals surface area (Å²) < 4.78 is 12.8. The molecule has 16 heavy (non-hydrogen) atoms. The van der Waals surface area contributed by atoms with E-state index in [9.17, 15) is 9.00 Å². The number of carbonyl (C=O) groups is 1. The van der Waals surface area contributed by atoms with Gasteiger partial charge in [0.15, 0.2) is 0 Å².